The molecule has 122 valence electrons. The van der Waals surface area contributed by atoms with Gasteiger partial charge in [0.25, 0.3) is 0 Å². The van der Waals surface area contributed by atoms with Crippen LogP contribution in [-0.2, 0) is 24.2 Å². The van der Waals surface area contributed by atoms with E-state index >= 15 is 0 Å². The third kappa shape index (κ3) is 2.66. The lowest BCUT2D eigenvalue weighted by Gasteiger charge is -2.29. The lowest BCUT2D eigenvalue weighted by Crippen LogP contribution is -2.37. The van der Waals surface area contributed by atoms with Crippen molar-refractivity contribution in [3.63, 3.8) is 0 Å². The van der Waals surface area contributed by atoms with E-state index in [0.717, 1.165) is 35.4 Å². The Morgan fingerprint density at radius 1 is 1.25 bits per heavy atom. The maximum atomic E-state index is 12.6. The van der Waals surface area contributed by atoms with Gasteiger partial charge in [-0.05, 0) is 19.4 Å². The molecule has 0 saturated carbocycles. The molecule has 5 nitrogen and oxygen atoms in total. The number of rotatable bonds is 2. The van der Waals surface area contributed by atoms with Crippen LogP contribution in [0.1, 0.15) is 28.1 Å². The van der Waals surface area contributed by atoms with E-state index in [9.17, 15) is 4.79 Å². The monoisotopic (exact) mass is 320 g/mol. The fraction of sp³-hybridized carbons (Fsp3) is 0.316. The molecule has 0 atom stereocenters. The first kappa shape index (κ1) is 14.9. The molecule has 3 aromatic rings. The summed E-state index contributed by atoms with van der Waals surface area (Å²) in [5.74, 6) is 0.169. The summed E-state index contributed by atoms with van der Waals surface area (Å²) in [5.41, 5.74) is 6.37. The number of carbonyl (C=O) groups excluding carboxylic acids is 1. The molecule has 0 bridgehead atoms. The van der Waals surface area contributed by atoms with Crippen molar-refractivity contribution >= 4 is 11.6 Å². The minimum atomic E-state index is 0.169. The maximum absolute atomic E-state index is 12.6. The van der Waals surface area contributed by atoms with Gasteiger partial charge in [0.15, 0.2) is 5.65 Å². The van der Waals surface area contributed by atoms with Gasteiger partial charge in [0.05, 0.1) is 17.8 Å². The highest BCUT2D eigenvalue weighted by molar-refractivity contribution is 5.79. The van der Waals surface area contributed by atoms with Crippen LogP contribution >= 0.6 is 0 Å². The molecule has 0 aliphatic carbocycles. The van der Waals surface area contributed by atoms with Gasteiger partial charge in [-0.2, -0.15) is 5.10 Å². The number of carbonyl (C=O) groups is 1. The van der Waals surface area contributed by atoms with Crippen LogP contribution < -0.4 is 0 Å². The van der Waals surface area contributed by atoms with Crippen molar-refractivity contribution in [2.75, 3.05) is 6.54 Å². The van der Waals surface area contributed by atoms with Gasteiger partial charge >= 0.3 is 0 Å². The topological polar surface area (TPSA) is 50.5 Å². The van der Waals surface area contributed by atoms with Gasteiger partial charge in [-0.15, -0.1) is 0 Å². The van der Waals surface area contributed by atoms with Gasteiger partial charge < -0.3 is 4.90 Å². The van der Waals surface area contributed by atoms with Gasteiger partial charge in [0.2, 0.25) is 5.91 Å². The quantitative estimate of drug-likeness (QED) is 0.729. The van der Waals surface area contributed by atoms with E-state index in [1.165, 1.54) is 11.3 Å². The number of aryl methyl sites for hydroxylation is 2. The number of hydrogen-bond donors (Lipinski definition) is 0. The second-order valence-corrected chi connectivity index (χ2v) is 6.52. The predicted octanol–water partition coefficient (Wildman–Crippen LogP) is 2.47. The number of fused-ring (bicyclic) bond motifs is 3. The van der Waals surface area contributed by atoms with Crippen LogP contribution in [0.15, 0.2) is 36.5 Å². The number of benzene rings is 1. The Labute approximate surface area is 140 Å². The zero-order chi connectivity index (χ0) is 16.7. The molecule has 0 spiro atoms. The molecule has 2 aromatic heterocycles. The average Bonchev–Trinajstić information content (AvgIpc) is 2.95. The summed E-state index contributed by atoms with van der Waals surface area (Å²) in [4.78, 5) is 19.0. The fourth-order valence-corrected chi connectivity index (χ4v) is 3.38. The van der Waals surface area contributed by atoms with Crippen LogP contribution in [0.2, 0.25) is 0 Å². The summed E-state index contributed by atoms with van der Waals surface area (Å²) in [6.07, 6.45) is 3.15. The first-order chi connectivity index (χ1) is 11.6. The van der Waals surface area contributed by atoms with Crippen LogP contribution in [0.3, 0.4) is 0 Å². The molecule has 24 heavy (non-hydrogen) atoms. The van der Waals surface area contributed by atoms with Crippen molar-refractivity contribution in [3.8, 4) is 0 Å². The van der Waals surface area contributed by atoms with E-state index in [4.69, 9.17) is 0 Å². The summed E-state index contributed by atoms with van der Waals surface area (Å²) < 4.78 is 1.92. The number of aromatic nitrogens is 3. The van der Waals surface area contributed by atoms with Crippen LogP contribution in [0.25, 0.3) is 5.65 Å². The molecule has 4 rings (SSSR count). The second kappa shape index (κ2) is 5.74. The summed E-state index contributed by atoms with van der Waals surface area (Å²) in [6.45, 7) is 5.37. The van der Waals surface area contributed by atoms with E-state index in [0.29, 0.717) is 13.0 Å². The molecule has 0 fully saturated rings. The lowest BCUT2D eigenvalue weighted by atomic mass is 10.0. The maximum Gasteiger partial charge on any atom is 0.227 e. The van der Waals surface area contributed by atoms with Crippen molar-refractivity contribution in [2.24, 2.45) is 0 Å². The van der Waals surface area contributed by atoms with Gasteiger partial charge in [-0.3, -0.25) is 4.79 Å². The molecule has 3 heterocycles. The van der Waals surface area contributed by atoms with Crippen molar-refractivity contribution in [2.45, 2.75) is 33.2 Å². The number of nitrogens with zero attached hydrogens (tertiary/aromatic N) is 4. The van der Waals surface area contributed by atoms with Gasteiger partial charge in [0.1, 0.15) is 0 Å². The molecule has 0 saturated heterocycles. The van der Waals surface area contributed by atoms with E-state index in [-0.39, 0.29) is 5.91 Å². The highest BCUT2D eigenvalue weighted by Crippen LogP contribution is 2.20. The fourth-order valence-electron chi connectivity index (χ4n) is 3.38. The Morgan fingerprint density at radius 3 is 2.96 bits per heavy atom. The predicted molar refractivity (Wildman–Crippen MR) is 91.7 cm³/mol. The zero-order valence-corrected chi connectivity index (χ0v) is 14.0. The summed E-state index contributed by atoms with van der Waals surface area (Å²) in [5, 5.41) is 4.52. The second-order valence-electron chi connectivity index (χ2n) is 6.52. The minimum Gasteiger partial charge on any atom is -0.338 e. The SMILES string of the molecule is Cc1cccc(CC(=O)N2CCc3c(cnc4cc(C)nn34)C2)c1. The Morgan fingerprint density at radius 2 is 2.12 bits per heavy atom. The van der Waals surface area contributed by atoms with Gasteiger partial charge in [-0.1, -0.05) is 29.8 Å². The Hall–Kier alpha value is -2.69. The van der Waals surface area contributed by atoms with Gasteiger partial charge in [0, 0.05) is 37.3 Å². The van der Waals surface area contributed by atoms with E-state index in [1.807, 2.05) is 53.7 Å². The summed E-state index contributed by atoms with van der Waals surface area (Å²) in [7, 11) is 0. The van der Waals surface area contributed by atoms with Crippen molar-refractivity contribution in [3.05, 3.63) is 64.6 Å². The zero-order valence-electron chi connectivity index (χ0n) is 14.0. The molecule has 0 unspecified atom stereocenters. The first-order valence-corrected chi connectivity index (χ1v) is 8.26. The van der Waals surface area contributed by atoms with Crippen LogP contribution in [-0.4, -0.2) is 31.9 Å². The van der Waals surface area contributed by atoms with Crippen LogP contribution in [0.4, 0.5) is 0 Å². The van der Waals surface area contributed by atoms with E-state index in [2.05, 4.69) is 16.1 Å². The molecular formula is C19H20N4O. The molecular weight excluding hydrogens is 300 g/mol. The highest BCUT2D eigenvalue weighted by Gasteiger charge is 2.23. The van der Waals surface area contributed by atoms with Crippen LogP contribution in [0.5, 0.6) is 0 Å². The Bertz CT molecular complexity index is 928. The average molecular weight is 320 g/mol. The third-order valence-electron chi connectivity index (χ3n) is 4.56. The van der Waals surface area contributed by atoms with Crippen molar-refractivity contribution in [1.29, 1.82) is 0 Å². The third-order valence-corrected chi connectivity index (χ3v) is 4.56. The summed E-state index contributed by atoms with van der Waals surface area (Å²) in [6, 6.07) is 10.1. The molecule has 1 aliphatic rings. The Balaban J connectivity index is 1.55. The first-order valence-electron chi connectivity index (χ1n) is 8.26. The number of amides is 1. The van der Waals surface area contributed by atoms with Crippen LogP contribution in [0, 0.1) is 13.8 Å². The highest BCUT2D eigenvalue weighted by atomic mass is 16.2. The molecule has 1 aromatic carbocycles. The molecule has 1 aliphatic heterocycles. The van der Waals surface area contributed by atoms with Crippen molar-refractivity contribution in [1.82, 2.24) is 19.5 Å². The summed E-state index contributed by atoms with van der Waals surface area (Å²) >= 11 is 0. The smallest absolute Gasteiger partial charge is 0.227 e. The van der Waals surface area contributed by atoms with Crippen molar-refractivity contribution < 1.29 is 4.79 Å². The van der Waals surface area contributed by atoms with E-state index < -0.39 is 0 Å². The molecule has 0 radical (unpaired) electrons. The van der Waals surface area contributed by atoms with Gasteiger partial charge in [-0.25, -0.2) is 9.50 Å². The van der Waals surface area contributed by atoms with E-state index in [1.54, 1.807) is 0 Å². The standard InChI is InChI=1S/C19H20N4O/c1-13-4-3-5-15(8-13)10-19(24)22-7-6-17-16(12-22)11-20-18-9-14(2)21-23(17)18/h3-5,8-9,11H,6-7,10,12H2,1-2H3. The molecule has 1 amide bonds. The minimum absolute atomic E-state index is 0.169. The normalized spacial score (nSPS) is 14.0. The Kier molecular flexibility index (Phi) is 3.56. The molecule has 5 heteroatoms. The molecule has 0 N–H and O–H groups in total. The largest absolute Gasteiger partial charge is 0.338 e. The lowest BCUT2D eigenvalue weighted by molar-refractivity contribution is -0.131. The number of hydrogen-bond acceptors (Lipinski definition) is 3.